The van der Waals surface area contributed by atoms with Crippen LogP contribution in [0, 0.1) is 6.92 Å². The lowest BCUT2D eigenvalue weighted by Gasteiger charge is -2.16. The van der Waals surface area contributed by atoms with Crippen LogP contribution in [0.5, 0.6) is 0 Å². The molecule has 3 amide bonds. The number of rotatable bonds is 6. The lowest BCUT2D eigenvalue weighted by atomic mass is 10.2. The highest BCUT2D eigenvalue weighted by molar-refractivity contribution is 7.14. The number of carbonyl (C=O) groups is 3. The largest absolute Gasteiger partial charge is 0.350 e. The van der Waals surface area contributed by atoms with Crippen LogP contribution in [0.3, 0.4) is 0 Å². The molecule has 0 saturated carbocycles. The predicted molar refractivity (Wildman–Crippen MR) is 152 cm³/mol. The van der Waals surface area contributed by atoms with Crippen molar-refractivity contribution in [2.45, 2.75) is 6.92 Å². The molecule has 38 heavy (non-hydrogen) atoms. The Hall–Kier alpha value is -3.69. The molecule has 0 fully saturated rings. The zero-order valence-electron chi connectivity index (χ0n) is 19.6. The smallest absolute Gasteiger partial charge is 0.283 e. The first kappa shape index (κ1) is 25.9. The fraction of sp³-hybridized carbons (Fsp3) is 0.0370. The molecule has 1 aromatic heterocycles. The summed E-state index contributed by atoms with van der Waals surface area (Å²) in [4.78, 5) is 44.2. The highest BCUT2D eigenvalue weighted by Crippen LogP contribution is 2.32. The van der Waals surface area contributed by atoms with Gasteiger partial charge in [0.05, 0.1) is 11.4 Å². The minimum atomic E-state index is -0.673. The third-order valence-corrected chi connectivity index (χ3v) is 7.47. The second kappa shape index (κ2) is 10.6. The number of imide groups is 1. The summed E-state index contributed by atoms with van der Waals surface area (Å²) in [5.41, 5.74) is 3.31. The molecule has 0 bridgehead atoms. The van der Waals surface area contributed by atoms with Gasteiger partial charge in [0.25, 0.3) is 17.7 Å². The van der Waals surface area contributed by atoms with E-state index in [0.29, 0.717) is 37.8 Å². The minimum Gasteiger partial charge on any atom is -0.350 e. The topological polar surface area (TPSA) is 91.4 Å². The van der Waals surface area contributed by atoms with Crippen LogP contribution in [0.4, 0.5) is 16.5 Å². The molecule has 5 rings (SSSR count). The van der Waals surface area contributed by atoms with Crippen LogP contribution >= 0.6 is 46.1 Å². The van der Waals surface area contributed by atoms with E-state index in [1.165, 1.54) is 17.4 Å². The van der Waals surface area contributed by atoms with E-state index in [9.17, 15) is 14.4 Å². The van der Waals surface area contributed by atoms with Crippen molar-refractivity contribution in [3.63, 3.8) is 0 Å². The average Bonchev–Trinajstić information content (AvgIpc) is 3.45. The van der Waals surface area contributed by atoms with Crippen LogP contribution in [0.2, 0.25) is 10.0 Å². The van der Waals surface area contributed by atoms with Gasteiger partial charge in [0, 0.05) is 32.2 Å². The molecule has 190 valence electrons. The van der Waals surface area contributed by atoms with Crippen LogP contribution < -0.4 is 15.5 Å². The van der Waals surface area contributed by atoms with E-state index < -0.39 is 17.7 Å². The number of amides is 3. The van der Waals surface area contributed by atoms with Crippen molar-refractivity contribution in [3.05, 3.63) is 104 Å². The molecule has 0 saturated heterocycles. The Labute approximate surface area is 236 Å². The number of hydrogen-bond acceptors (Lipinski definition) is 6. The molecule has 0 spiro atoms. The summed E-state index contributed by atoms with van der Waals surface area (Å²) in [5, 5.41) is 8.70. The second-order valence-corrected chi connectivity index (χ2v) is 10.4. The van der Waals surface area contributed by atoms with E-state index in [4.69, 9.17) is 34.8 Å². The summed E-state index contributed by atoms with van der Waals surface area (Å²) in [7, 11) is 0. The van der Waals surface area contributed by atoms with Gasteiger partial charge in [0.2, 0.25) is 0 Å². The molecule has 1 aliphatic heterocycles. The lowest BCUT2D eigenvalue weighted by molar-refractivity contribution is -0.120. The van der Waals surface area contributed by atoms with E-state index in [-0.39, 0.29) is 10.7 Å². The molecule has 0 radical (unpaired) electrons. The number of anilines is 3. The van der Waals surface area contributed by atoms with Crippen molar-refractivity contribution in [1.82, 2.24) is 4.98 Å². The molecular weight excluding hydrogens is 567 g/mol. The Morgan fingerprint density at radius 2 is 1.71 bits per heavy atom. The molecule has 2 N–H and O–H groups in total. The molecular formula is C27H17Cl3N4O3S. The zero-order valence-corrected chi connectivity index (χ0v) is 22.7. The number of nitrogens with one attached hydrogen (secondary N) is 2. The van der Waals surface area contributed by atoms with Gasteiger partial charge in [-0.25, -0.2) is 9.88 Å². The monoisotopic (exact) mass is 582 g/mol. The van der Waals surface area contributed by atoms with Crippen molar-refractivity contribution < 1.29 is 14.4 Å². The summed E-state index contributed by atoms with van der Waals surface area (Å²) < 4.78 is 0. The Morgan fingerprint density at radius 1 is 0.947 bits per heavy atom. The quantitative estimate of drug-likeness (QED) is 0.236. The molecule has 0 aliphatic carbocycles. The number of nitrogens with zero attached hydrogens (tertiary/aromatic N) is 2. The minimum absolute atomic E-state index is 0.0987. The Morgan fingerprint density at radius 3 is 2.45 bits per heavy atom. The van der Waals surface area contributed by atoms with E-state index in [0.717, 1.165) is 16.0 Å². The highest BCUT2D eigenvalue weighted by atomic mass is 35.5. The van der Waals surface area contributed by atoms with Crippen molar-refractivity contribution >= 4 is 80.4 Å². The van der Waals surface area contributed by atoms with Crippen LogP contribution in [-0.4, -0.2) is 22.7 Å². The van der Waals surface area contributed by atoms with E-state index in [1.807, 2.05) is 24.4 Å². The standard InChI is InChI=1S/C27H17Cl3N4O3S/c1-14-5-10-19(12-20(14)29)34-25(36)22(30)23(26(34)37)31-18-4-2-3-16(11-18)24(35)33-27-32-21(13-38-27)15-6-8-17(28)9-7-15/h2-13,31H,1H3,(H,32,33,35). The van der Waals surface area contributed by atoms with Gasteiger partial charge in [0.15, 0.2) is 5.13 Å². The third-order valence-electron chi connectivity index (χ3n) is 5.70. The number of carbonyl (C=O) groups excluding carboxylic acids is 3. The Balaban J connectivity index is 1.31. The fourth-order valence-electron chi connectivity index (χ4n) is 3.70. The van der Waals surface area contributed by atoms with E-state index in [1.54, 1.807) is 48.5 Å². The number of aryl methyl sites for hydroxylation is 1. The number of hydrogen-bond donors (Lipinski definition) is 2. The van der Waals surface area contributed by atoms with E-state index >= 15 is 0 Å². The number of halogens is 3. The van der Waals surface area contributed by atoms with Gasteiger partial charge in [-0.05, 0) is 55.0 Å². The van der Waals surface area contributed by atoms with Gasteiger partial charge in [-0.2, -0.15) is 0 Å². The van der Waals surface area contributed by atoms with Crippen LogP contribution in [0.1, 0.15) is 15.9 Å². The van der Waals surface area contributed by atoms with Gasteiger partial charge in [-0.1, -0.05) is 59.1 Å². The fourth-order valence-corrected chi connectivity index (χ4v) is 4.93. The number of aromatic nitrogens is 1. The summed E-state index contributed by atoms with van der Waals surface area (Å²) in [6.07, 6.45) is 0. The zero-order chi connectivity index (χ0) is 27.0. The Kier molecular flexibility index (Phi) is 7.23. The molecule has 7 nitrogen and oxygen atoms in total. The molecule has 4 aromatic rings. The summed E-state index contributed by atoms with van der Waals surface area (Å²) in [6, 6.07) is 18.6. The van der Waals surface area contributed by atoms with Crippen molar-refractivity contribution in [1.29, 1.82) is 0 Å². The van der Waals surface area contributed by atoms with Gasteiger partial charge < -0.3 is 5.32 Å². The third kappa shape index (κ3) is 5.16. The van der Waals surface area contributed by atoms with Crippen LogP contribution in [-0.2, 0) is 9.59 Å². The first-order chi connectivity index (χ1) is 18.2. The van der Waals surface area contributed by atoms with E-state index in [2.05, 4.69) is 15.6 Å². The summed E-state index contributed by atoms with van der Waals surface area (Å²) in [6.45, 7) is 1.81. The molecule has 2 heterocycles. The lowest BCUT2D eigenvalue weighted by Crippen LogP contribution is -2.32. The molecule has 3 aromatic carbocycles. The van der Waals surface area contributed by atoms with Gasteiger partial charge >= 0.3 is 0 Å². The SMILES string of the molecule is Cc1ccc(N2C(=O)C(Cl)=C(Nc3cccc(C(=O)Nc4nc(-c5ccc(Cl)cc5)cs4)c3)C2=O)cc1Cl. The van der Waals surface area contributed by atoms with Gasteiger partial charge in [-0.3, -0.25) is 19.7 Å². The summed E-state index contributed by atoms with van der Waals surface area (Å²) in [5.74, 6) is -1.70. The Bertz CT molecular complexity index is 1630. The number of benzene rings is 3. The maximum Gasteiger partial charge on any atom is 0.283 e. The predicted octanol–water partition coefficient (Wildman–Crippen LogP) is 7.11. The summed E-state index contributed by atoms with van der Waals surface area (Å²) >= 11 is 19.6. The van der Waals surface area contributed by atoms with Gasteiger partial charge in [0.1, 0.15) is 10.7 Å². The van der Waals surface area contributed by atoms with Crippen molar-refractivity contribution in [2.75, 3.05) is 15.5 Å². The second-order valence-electron chi connectivity index (χ2n) is 8.27. The normalized spacial score (nSPS) is 13.3. The van der Waals surface area contributed by atoms with Crippen LogP contribution in [0.15, 0.2) is 82.8 Å². The first-order valence-corrected chi connectivity index (χ1v) is 13.2. The number of thiazole rings is 1. The van der Waals surface area contributed by atoms with Crippen molar-refractivity contribution in [3.8, 4) is 11.3 Å². The van der Waals surface area contributed by atoms with Crippen molar-refractivity contribution in [2.24, 2.45) is 0 Å². The molecule has 1 aliphatic rings. The highest BCUT2D eigenvalue weighted by Gasteiger charge is 2.39. The average molecular weight is 584 g/mol. The molecule has 0 atom stereocenters. The van der Waals surface area contributed by atoms with Gasteiger partial charge in [-0.15, -0.1) is 11.3 Å². The maximum atomic E-state index is 13.1. The molecule has 11 heteroatoms. The molecule has 0 unspecified atom stereocenters. The maximum absolute atomic E-state index is 13.1. The van der Waals surface area contributed by atoms with Crippen LogP contribution in [0.25, 0.3) is 11.3 Å². The first-order valence-electron chi connectivity index (χ1n) is 11.2.